The molecule has 1 heterocycles. The minimum absolute atomic E-state index is 0.193. The summed E-state index contributed by atoms with van der Waals surface area (Å²) in [7, 11) is 0. The van der Waals surface area contributed by atoms with Crippen LogP contribution in [-0.4, -0.2) is 16.9 Å². The van der Waals surface area contributed by atoms with Crippen molar-refractivity contribution in [1.82, 2.24) is 4.98 Å². The molecule has 1 aromatic heterocycles. The van der Waals surface area contributed by atoms with E-state index in [2.05, 4.69) is 16.2 Å². The molecule has 6 nitrogen and oxygen atoms in total. The predicted molar refractivity (Wildman–Crippen MR) is 102 cm³/mol. The summed E-state index contributed by atoms with van der Waals surface area (Å²) in [5.74, 6) is 1.57. The fourth-order valence-electron chi connectivity index (χ4n) is 2.43. The average Bonchev–Trinajstić information content (AvgIpc) is 2.62. The van der Waals surface area contributed by atoms with E-state index in [1.165, 1.54) is 30.5 Å². The number of halogens is 1. The molecule has 0 aliphatic rings. The van der Waals surface area contributed by atoms with Crippen molar-refractivity contribution in [3.8, 4) is 12.3 Å². The van der Waals surface area contributed by atoms with Gasteiger partial charge in [-0.3, -0.25) is 10.2 Å². The van der Waals surface area contributed by atoms with Gasteiger partial charge in [-0.2, -0.15) is 0 Å². The van der Waals surface area contributed by atoms with Gasteiger partial charge in [0.25, 0.3) is 11.9 Å². The van der Waals surface area contributed by atoms with Crippen molar-refractivity contribution in [1.29, 1.82) is 5.41 Å². The second kappa shape index (κ2) is 8.63. The molecule has 27 heavy (non-hydrogen) atoms. The van der Waals surface area contributed by atoms with Crippen LogP contribution >= 0.6 is 0 Å². The minimum atomic E-state index is -0.444. The quantitative estimate of drug-likeness (QED) is 0.327. The lowest BCUT2D eigenvalue weighted by Gasteiger charge is -2.13. The molecule has 0 aliphatic heterocycles. The number of nitrogens with zero attached hydrogens (tertiary/aromatic N) is 1. The summed E-state index contributed by atoms with van der Waals surface area (Å²) in [5, 5.41) is 9.79. The number of rotatable bonds is 5. The van der Waals surface area contributed by atoms with Gasteiger partial charge in [-0.1, -0.05) is 12.8 Å². The second-order valence-electron chi connectivity index (χ2n) is 5.80. The molecule has 0 saturated carbocycles. The Balaban J connectivity index is 2.19. The van der Waals surface area contributed by atoms with E-state index in [4.69, 9.17) is 22.3 Å². The van der Waals surface area contributed by atoms with Crippen LogP contribution in [0.4, 0.5) is 10.1 Å². The largest absolute Gasteiger partial charge is 0.432 e. The summed E-state index contributed by atoms with van der Waals surface area (Å²) in [6.45, 7) is 3.38. The maximum absolute atomic E-state index is 14.2. The Kier molecular flexibility index (Phi) is 6.28. The third-order valence-corrected chi connectivity index (χ3v) is 3.66. The lowest BCUT2D eigenvalue weighted by atomic mass is 9.99. The zero-order valence-corrected chi connectivity index (χ0v) is 14.9. The molecule has 1 amide bonds. The first-order valence-electron chi connectivity index (χ1n) is 8.04. The van der Waals surface area contributed by atoms with E-state index in [0.29, 0.717) is 22.6 Å². The van der Waals surface area contributed by atoms with Crippen LogP contribution in [0.15, 0.2) is 48.4 Å². The number of ether oxygens (including phenoxy) is 1. The number of carbonyl (C=O) groups excluding carboxylic acids is 1. The van der Waals surface area contributed by atoms with Crippen LogP contribution < -0.4 is 11.1 Å². The van der Waals surface area contributed by atoms with E-state index in [9.17, 15) is 9.18 Å². The highest BCUT2D eigenvalue weighted by molar-refractivity contribution is 6.02. The lowest BCUT2D eigenvalue weighted by Crippen LogP contribution is -2.14. The number of anilines is 1. The number of benzene rings is 1. The van der Waals surface area contributed by atoms with Gasteiger partial charge in [-0.05, 0) is 48.9 Å². The van der Waals surface area contributed by atoms with E-state index in [-0.39, 0.29) is 11.6 Å². The van der Waals surface area contributed by atoms with E-state index < -0.39 is 17.7 Å². The minimum Gasteiger partial charge on any atom is -0.432 e. The third kappa shape index (κ3) is 5.41. The van der Waals surface area contributed by atoms with Crippen LogP contribution in [0.3, 0.4) is 0 Å². The summed E-state index contributed by atoms with van der Waals surface area (Å²) >= 11 is 0. The smallest absolute Gasteiger partial charge is 0.284 e. The van der Waals surface area contributed by atoms with Gasteiger partial charge in [-0.25, -0.2) is 9.37 Å². The molecule has 1 atom stereocenters. The third-order valence-electron chi connectivity index (χ3n) is 3.66. The van der Waals surface area contributed by atoms with Crippen LogP contribution in [0, 0.1) is 23.6 Å². The average molecular weight is 366 g/mol. The Morgan fingerprint density at radius 2 is 2.19 bits per heavy atom. The monoisotopic (exact) mass is 366 g/mol. The first kappa shape index (κ1) is 19.7. The number of allylic oxidation sites excluding steroid dienone is 2. The number of amidine groups is 1. The number of nitrogens with one attached hydrogen (secondary N) is 2. The van der Waals surface area contributed by atoms with Crippen molar-refractivity contribution in [2.75, 3.05) is 5.32 Å². The Bertz CT molecular complexity index is 930. The molecule has 0 radical (unpaired) electrons. The highest BCUT2D eigenvalue weighted by Crippen LogP contribution is 2.25. The molecule has 138 valence electrons. The Labute approximate surface area is 156 Å². The van der Waals surface area contributed by atoms with Crippen molar-refractivity contribution < 1.29 is 13.9 Å². The first-order valence-corrected chi connectivity index (χ1v) is 8.04. The predicted octanol–water partition coefficient (Wildman–Crippen LogP) is 3.37. The number of carbonyl (C=O) groups is 1. The standard InChI is InChI=1S/C20H19FN4O2/c1-4-14-5-8-18(24-11-14)19(26)25-15-6-7-17(21)16(10-15)12(2)9-13(3)27-20(22)23/h1,5-12H,2-3H3,(H3,22,23)(H,25,26)/b13-9-/t12-/m1/s1. The molecule has 0 fully saturated rings. The number of hydrogen-bond acceptors (Lipinski definition) is 4. The number of aromatic nitrogens is 1. The van der Waals surface area contributed by atoms with E-state index in [1.807, 2.05) is 0 Å². The highest BCUT2D eigenvalue weighted by atomic mass is 19.1. The molecular weight excluding hydrogens is 347 g/mol. The van der Waals surface area contributed by atoms with Crippen molar-refractivity contribution in [3.05, 3.63) is 71.0 Å². The number of amides is 1. The number of hydrogen-bond donors (Lipinski definition) is 3. The van der Waals surface area contributed by atoms with Gasteiger partial charge in [0.1, 0.15) is 17.3 Å². The molecule has 4 N–H and O–H groups in total. The van der Waals surface area contributed by atoms with Crippen LogP contribution in [0.2, 0.25) is 0 Å². The van der Waals surface area contributed by atoms with E-state index >= 15 is 0 Å². The summed E-state index contributed by atoms with van der Waals surface area (Å²) in [6.07, 6.45) is 8.32. The highest BCUT2D eigenvalue weighted by Gasteiger charge is 2.13. The van der Waals surface area contributed by atoms with Crippen molar-refractivity contribution in [3.63, 3.8) is 0 Å². The Morgan fingerprint density at radius 1 is 1.44 bits per heavy atom. The molecule has 1 aromatic carbocycles. The van der Waals surface area contributed by atoms with E-state index in [1.54, 1.807) is 26.0 Å². The van der Waals surface area contributed by atoms with Crippen molar-refractivity contribution >= 4 is 17.6 Å². The van der Waals surface area contributed by atoms with Gasteiger partial charge in [0.15, 0.2) is 0 Å². The zero-order valence-electron chi connectivity index (χ0n) is 14.9. The van der Waals surface area contributed by atoms with E-state index in [0.717, 1.165) is 0 Å². The van der Waals surface area contributed by atoms with Crippen molar-refractivity contribution in [2.24, 2.45) is 5.73 Å². The molecule has 7 heteroatoms. The molecule has 2 rings (SSSR count). The van der Waals surface area contributed by atoms with Gasteiger partial charge in [0, 0.05) is 23.4 Å². The van der Waals surface area contributed by atoms with Gasteiger partial charge in [0.05, 0.1) is 0 Å². The number of pyridine rings is 1. The second-order valence-corrected chi connectivity index (χ2v) is 5.80. The summed E-state index contributed by atoms with van der Waals surface area (Å²) in [6, 6.07) is 6.95. The topological polar surface area (TPSA) is 101 Å². The van der Waals surface area contributed by atoms with Crippen LogP contribution in [0.1, 0.15) is 41.4 Å². The Hall–Kier alpha value is -3.66. The van der Waals surface area contributed by atoms with Gasteiger partial charge >= 0.3 is 0 Å². The summed E-state index contributed by atoms with van der Waals surface area (Å²) in [4.78, 5) is 16.3. The normalized spacial score (nSPS) is 12.0. The van der Waals surface area contributed by atoms with Crippen LogP contribution in [0.5, 0.6) is 0 Å². The molecule has 0 aliphatic carbocycles. The summed E-state index contributed by atoms with van der Waals surface area (Å²) < 4.78 is 19.2. The van der Waals surface area contributed by atoms with Crippen LogP contribution in [-0.2, 0) is 4.74 Å². The number of nitrogens with two attached hydrogens (primary N) is 1. The fraction of sp³-hybridized carbons (Fsp3) is 0.150. The molecule has 0 unspecified atom stereocenters. The molecule has 0 saturated heterocycles. The molecule has 0 spiro atoms. The Morgan fingerprint density at radius 3 is 2.78 bits per heavy atom. The SMILES string of the molecule is C#Cc1ccc(C(=O)Nc2ccc(F)c([C@H](C)/C=C(/C)OC(=N)N)c2)nc1. The van der Waals surface area contributed by atoms with Crippen molar-refractivity contribution in [2.45, 2.75) is 19.8 Å². The zero-order chi connectivity index (χ0) is 20.0. The van der Waals surface area contributed by atoms with Gasteiger partial charge in [-0.15, -0.1) is 6.42 Å². The van der Waals surface area contributed by atoms with Gasteiger partial charge in [0.2, 0.25) is 0 Å². The molecular formula is C20H19FN4O2. The first-order chi connectivity index (χ1) is 12.8. The van der Waals surface area contributed by atoms with Gasteiger partial charge < -0.3 is 15.8 Å². The molecule has 2 aromatic rings. The van der Waals surface area contributed by atoms with Crippen LogP contribution in [0.25, 0.3) is 0 Å². The molecule has 0 bridgehead atoms. The summed E-state index contributed by atoms with van der Waals surface area (Å²) in [5.41, 5.74) is 6.71. The number of terminal acetylenes is 1. The fourth-order valence-corrected chi connectivity index (χ4v) is 2.43. The lowest BCUT2D eigenvalue weighted by molar-refractivity contribution is 0.102. The maximum atomic E-state index is 14.2. The maximum Gasteiger partial charge on any atom is 0.284 e.